The first-order chi connectivity index (χ1) is 18.0. The lowest BCUT2D eigenvalue weighted by atomic mass is 9.72. The SMILES string of the molecule is CN[C@@H]1[C@@H](O)[C@@H](O[C@H]2[C@H](NC(CO)CO)C[C@H](N)C([C@H]3OC(CN)=CC[C@H]3NC(N)N)[C@@H]2O)OC[C@]1(C)O. The third-order valence-electron chi connectivity index (χ3n) is 7.74. The van der Waals surface area contributed by atoms with Crippen LogP contribution in [0.2, 0.25) is 0 Å². The van der Waals surface area contributed by atoms with Gasteiger partial charge in [-0.3, -0.25) is 5.32 Å². The number of nitrogens with two attached hydrogens (primary N) is 4. The first-order valence-corrected chi connectivity index (χ1v) is 13.1. The van der Waals surface area contributed by atoms with Crippen molar-refractivity contribution in [2.75, 3.05) is 33.4 Å². The Balaban J connectivity index is 1.91. The van der Waals surface area contributed by atoms with Crippen LogP contribution in [0.15, 0.2) is 11.8 Å². The van der Waals surface area contributed by atoms with Crippen LogP contribution in [0.25, 0.3) is 0 Å². The van der Waals surface area contributed by atoms with Crippen molar-refractivity contribution < 1.29 is 39.7 Å². The standard InChI is InChI=1S/C23H47N7O8/c1-23(35)9-36-21(17(34)20(23)28-2)38-19-14(29-10(7-31)8-32)5-12(25)15(16(19)33)18-13(30-22(26)27)4-3-11(6-24)37-18/h3,10,12-22,28-35H,4-9,24-27H2,1-2H3/t12-,13+,14+,15?,16-,17+,18-,19-,20+,21+,23-/m0/s1. The van der Waals surface area contributed by atoms with Crippen molar-refractivity contribution in [3.63, 3.8) is 0 Å². The minimum atomic E-state index is -1.36. The van der Waals surface area contributed by atoms with Gasteiger partial charge in [0.1, 0.15) is 36.0 Å². The summed E-state index contributed by atoms with van der Waals surface area (Å²) in [5.41, 5.74) is 22.7. The fourth-order valence-corrected chi connectivity index (χ4v) is 5.84. The van der Waals surface area contributed by atoms with Crippen LogP contribution >= 0.6 is 0 Å². The van der Waals surface area contributed by atoms with E-state index in [0.717, 1.165) is 0 Å². The molecule has 0 spiro atoms. The van der Waals surface area contributed by atoms with E-state index in [1.807, 2.05) is 6.08 Å². The van der Waals surface area contributed by atoms with Gasteiger partial charge in [-0.25, -0.2) is 0 Å². The van der Waals surface area contributed by atoms with Crippen molar-refractivity contribution in [2.24, 2.45) is 28.9 Å². The Hall–Kier alpha value is -1.02. The van der Waals surface area contributed by atoms with E-state index in [1.165, 1.54) is 6.92 Å². The summed E-state index contributed by atoms with van der Waals surface area (Å²) in [5.74, 6) is -0.142. The van der Waals surface area contributed by atoms with Gasteiger partial charge in [0.2, 0.25) is 0 Å². The molecule has 3 aliphatic rings. The fourth-order valence-electron chi connectivity index (χ4n) is 5.84. The molecule has 15 nitrogen and oxygen atoms in total. The Bertz CT molecular complexity index is 774. The fraction of sp³-hybridized carbons (Fsp3) is 0.913. The van der Waals surface area contributed by atoms with Crippen LogP contribution < -0.4 is 38.9 Å². The van der Waals surface area contributed by atoms with Crippen molar-refractivity contribution in [2.45, 2.75) is 92.6 Å². The molecule has 1 unspecified atom stereocenters. The quantitative estimate of drug-likeness (QED) is 0.107. The van der Waals surface area contributed by atoms with Gasteiger partial charge in [0, 0.05) is 18.0 Å². The maximum atomic E-state index is 11.7. The van der Waals surface area contributed by atoms with Crippen LogP contribution in [-0.4, -0.2) is 132 Å². The molecule has 3 rings (SSSR count). The van der Waals surface area contributed by atoms with E-state index >= 15 is 0 Å². The molecule has 1 saturated carbocycles. The Labute approximate surface area is 222 Å². The van der Waals surface area contributed by atoms with Gasteiger partial charge < -0.3 is 73.3 Å². The van der Waals surface area contributed by atoms with E-state index in [1.54, 1.807) is 7.05 Å². The highest BCUT2D eigenvalue weighted by Crippen LogP contribution is 2.37. The summed E-state index contributed by atoms with van der Waals surface area (Å²) in [5, 5.41) is 61.7. The summed E-state index contributed by atoms with van der Waals surface area (Å²) in [4.78, 5) is 0. The van der Waals surface area contributed by atoms with Crippen LogP contribution in [0.1, 0.15) is 19.8 Å². The predicted molar refractivity (Wildman–Crippen MR) is 137 cm³/mol. The van der Waals surface area contributed by atoms with E-state index < -0.39 is 72.7 Å². The van der Waals surface area contributed by atoms with Crippen LogP contribution in [-0.2, 0) is 14.2 Å². The maximum absolute atomic E-state index is 11.7. The van der Waals surface area contributed by atoms with Crippen molar-refractivity contribution in [3.8, 4) is 0 Å². The normalized spacial score (nSPS) is 42.3. The van der Waals surface area contributed by atoms with Gasteiger partial charge in [-0.05, 0) is 32.9 Å². The highest BCUT2D eigenvalue weighted by molar-refractivity contribution is 5.11. The average Bonchev–Trinajstić information content (AvgIpc) is 2.86. The smallest absolute Gasteiger partial charge is 0.185 e. The number of hydrogen-bond acceptors (Lipinski definition) is 15. The second kappa shape index (κ2) is 13.6. The maximum Gasteiger partial charge on any atom is 0.185 e. The van der Waals surface area contributed by atoms with Gasteiger partial charge in [-0.15, -0.1) is 0 Å². The molecular weight excluding hydrogens is 502 g/mol. The van der Waals surface area contributed by atoms with E-state index in [-0.39, 0.29) is 38.8 Å². The Morgan fingerprint density at radius 2 is 1.84 bits per heavy atom. The van der Waals surface area contributed by atoms with E-state index in [0.29, 0.717) is 12.2 Å². The summed E-state index contributed by atoms with van der Waals surface area (Å²) in [7, 11) is 1.60. The number of nitrogens with one attached hydrogen (secondary N) is 3. The number of aliphatic hydroxyl groups is 5. The van der Waals surface area contributed by atoms with Gasteiger partial charge in [-0.2, -0.15) is 0 Å². The highest BCUT2D eigenvalue weighted by atomic mass is 16.7. The first-order valence-electron chi connectivity index (χ1n) is 13.1. The zero-order chi connectivity index (χ0) is 28.2. The van der Waals surface area contributed by atoms with Crippen LogP contribution in [0.5, 0.6) is 0 Å². The lowest BCUT2D eigenvalue weighted by Crippen LogP contribution is -2.70. The molecular formula is C23H47N7O8. The monoisotopic (exact) mass is 549 g/mol. The zero-order valence-corrected chi connectivity index (χ0v) is 22.0. The third-order valence-corrected chi connectivity index (χ3v) is 7.74. The summed E-state index contributed by atoms with van der Waals surface area (Å²) in [6.07, 6.45) is -3.66. The highest BCUT2D eigenvalue weighted by Gasteiger charge is 2.53. The molecule has 0 aromatic rings. The molecule has 0 radical (unpaired) electrons. The molecule has 2 aliphatic heterocycles. The molecule has 0 aromatic heterocycles. The van der Waals surface area contributed by atoms with Gasteiger partial charge in [0.15, 0.2) is 6.29 Å². The molecule has 2 fully saturated rings. The second-order valence-electron chi connectivity index (χ2n) is 10.7. The molecule has 11 atom stereocenters. The molecule has 0 aromatic carbocycles. The summed E-state index contributed by atoms with van der Waals surface area (Å²) in [6, 6.07) is -3.10. The van der Waals surface area contributed by atoms with Gasteiger partial charge in [0.05, 0.1) is 50.6 Å². The third kappa shape index (κ3) is 7.00. The summed E-state index contributed by atoms with van der Waals surface area (Å²) in [6.45, 7) is 0.837. The van der Waals surface area contributed by atoms with E-state index in [2.05, 4.69) is 16.0 Å². The van der Waals surface area contributed by atoms with Crippen LogP contribution in [0, 0.1) is 5.92 Å². The number of aliphatic hydroxyl groups excluding tert-OH is 4. The number of rotatable bonds is 11. The van der Waals surface area contributed by atoms with Crippen molar-refractivity contribution >= 4 is 0 Å². The van der Waals surface area contributed by atoms with Crippen molar-refractivity contribution in [1.29, 1.82) is 0 Å². The molecule has 0 bridgehead atoms. The summed E-state index contributed by atoms with van der Waals surface area (Å²) >= 11 is 0. The van der Waals surface area contributed by atoms with E-state index in [9.17, 15) is 25.5 Å². The van der Waals surface area contributed by atoms with Gasteiger partial charge in [0.25, 0.3) is 0 Å². The topological polar surface area (TPSA) is 269 Å². The zero-order valence-electron chi connectivity index (χ0n) is 22.0. The number of likely N-dealkylation sites (N-methyl/N-ethyl adjacent to an activating group) is 1. The largest absolute Gasteiger partial charge is 0.492 e. The Morgan fingerprint density at radius 3 is 2.42 bits per heavy atom. The summed E-state index contributed by atoms with van der Waals surface area (Å²) < 4.78 is 18.0. The van der Waals surface area contributed by atoms with Crippen LogP contribution in [0.4, 0.5) is 0 Å². The molecule has 2 heterocycles. The predicted octanol–water partition coefficient (Wildman–Crippen LogP) is -5.76. The molecule has 1 aliphatic carbocycles. The minimum Gasteiger partial charge on any atom is -0.492 e. The van der Waals surface area contributed by atoms with Crippen LogP contribution in [0.3, 0.4) is 0 Å². The number of hydrogen-bond donors (Lipinski definition) is 12. The average molecular weight is 550 g/mol. The van der Waals surface area contributed by atoms with Gasteiger partial charge >= 0.3 is 0 Å². The Morgan fingerprint density at radius 1 is 1.16 bits per heavy atom. The molecule has 15 heteroatoms. The first kappa shape index (κ1) is 31.5. The van der Waals surface area contributed by atoms with Gasteiger partial charge in [-0.1, -0.05) is 0 Å². The lowest BCUT2D eigenvalue weighted by molar-refractivity contribution is -0.298. The molecule has 222 valence electrons. The molecule has 0 amide bonds. The lowest BCUT2D eigenvalue weighted by Gasteiger charge is -2.51. The molecule has 1 saturated heterocycles. The minimum absolute atomic E-state index is 0.128. The molecule has 16 N–H and O–H groups in total. The Kier molecular flexibility index (Phi) is 11.2. The van der Waals surface area contributed by atoms with Crippen molar-refractivity contribution in [1.82, 2.24) is 16.0 Å². The van der Waals surface area contributed by atoms with E-state index in [4.69, 9.17) is 37.1 Å². The van der Waals surface area contributed by atoms with Crippen molar-refractivity contribution in [3.05, 3.63) is 11.8 Å². The molecule has 38 heavy (non-hydrogen) atoms. The second-order valence-corrected chi connectivity index (χ2v) is 10.7. The number of ether oxygens (including phenoxy) is 3.